The van der Waals surface area contributed by atoms with Crippen LogP contribution >= 0.6 is 23.2 Å². The number of amides is 2. The maximum Gasteiger partial charge on any atom is 0.326 e. The first kappa shape index (κ1) is 16.3. The molecule has 9 heteroatoms. The Balaban J connectivity index is 2.82. The Morgan fingerprint density at radius 1 is 1.45 bits per heavy atom. The molecule has 0 aromatic carbocycles. The van der Waals surface area contributed by atoms with Crippen LogP contribution in [0.2, 0.25) is 10.2 Å². The van der Waals surface area contributed by atoms with Crippen molar-refractivity contribution in [1.82, 2.24) is 9.88 Å². The lowest BCUT2D eigenvalue weighted by Crippen LogP contribution is -2.42. The van der Waals surface area contributed by atoms with E-state index in [-0.39, 0.29) is 28.7 Å². The van der Waals surface area contributed by atoms with E-state index in [0.717, 1.165) is 0 Å². The van der Waals surface area contributed by atoms with E-state index in [1.165, 1.54) is 17.7 Å². The third kappa shape index (κ3) is 3.88. The van der Waals surface area contributed by atoms with E-state index in [1.54, 1.807) is 0 Å². The fourth-order valence-electron chi connectivity index (χ4n) is 1.54. The van der Waals surface area contributed by atoms with Gasteiger partial charge in [0.2, 0.25) is 5.91 Å². The Labute approximate surface area is 124 Å². The van der Waals surface area contributed by atoms with Crippen LogP contribution in [-0.4, -0.2) is 33.5 Å². The van der Waals surface area contributed by atoms with Crippen LogP contribution in [0.3, 0.4) is 0 Å². The van der Waals surface area contributed by atoms with Crippen LogP contribution in [0.15, 0.2) is 6.07 Å². The predicted molar refractivity (Wildman–Crippen MR) is 72.8 cm³/mol. The minimum absolute atomic E-state index is 0.0949. The van der Waals surface area contributed by atoms with Gasteiger partial charge in [0.15, 0.2) is 0 Å². The van der Waals surface area contributed by atoms with Crippen molar-refractivity contribution in [3.8, 4) is 0 Å². The number of hydrogen-bond donors (Lipinski definition) is 3. The largest absolute Gasteiger partial charge is 0.480 e. The van der Waals surface area contributed by atoms with Gasteiger partial charge in [-0.2, -0.15) is 0 Å². The summed E-state index contributed by atoms with van der Waals surface area (Å²) in [5.41, 5.74) is 5.06. The second kappa shape index (κ2) is 6.62. The molecule has 4 N–H and O–H groups in total. The normalized spacial score (nSPS) is 11.9. The number of carboxylic acid groups (broad SMARTS) is 1. The Kier molecular flexibility index (Phi) is 5.41. The first-order valence-electron chi connectivity index (χ1n) is 5.56. The van der Waals surface area contributed by atoms with Gasteiger partial charge in [-0.15, -0.1) is 0 Å². The summed E-state index contributed by atoms with van der Waals surface area (Å²) in [6, 6.07) is 0.106. The summed E-state index contributed by atoms with van der Waals surface area (Å²) in [6.45, 7) is 0. The lowest BCUT2D eigenvalue weighted by Gasteiger charge is -2.14. The zero-order chi connectivity index (χ0) is 15.4. The fourth-order valence-corrected chi connectivity index (χ4v) is 1.91. The molecule has 0 aliphatic heterocycles. The topological polar surface area (TPSA) is 114 Å². The number of aliphatic carboxylic acids is 1. The summed E-state index contributed by atoms with van der Waals surface area (Å²) < 4.78 is 1.33. The number of halogens is 2. The van der Waals surface area contributed by atoms with E-state index in [1.807, 2.05) is 0 Å². The number of carbonyl (C=O) groups is 3. The highest BCUT2D eigenvalue weighted by Crippen LogP contribution is 2.25. The average Bonchev–Trinajstić information content (AvgIpc) is 2.61. The molecule has 0 saturated carbocycles. The summed E-state index contributed by atoms with van der Waals surface area (Å²) in [6.07, 6.45) is -0.242. The van der Waals surface area contributed by atoms with Crippen LogP contribution in [-0.2, 0) is 16.6 Å². The third-order valence-electron chi connectivity index (χ3n) is 2.63. The standard InChI is InChI=1S/C11H13Cl2N3O4/c1-16-7(4-5(12)9(16)13)10(18)15-6(11(19)20)2-3-8(14)17/h4,6H,2-3H2,1H3,(H2,14,17)(H,15,18)(H,19,20)/t6-/m0/s1. The maximum atomic E-state index is 12.0. The van der Waals surface area contributed by atoms with Gasteiger partial charge in [0.1, 0.15) is 16.9 Å². The molecule has 0 unspecified atom stereocenters. The molecule has 0 saturated heterocycles. The van der Waals surface area contributed by atoms with Gasteiger partial charge in [-0.05, 0) is 12.5 Å². The highest BCUT2D eigenvalue weighted by Gasteiger charge is 2.23. The molecule has 0 bridgehead atoms. The van der Waals surface area contributed by atoms with Gasteiger partial charge in [-0.25, -0.2) is 4.79 Å². The van der Waals surface area contributed by atoms with Crippen molar-refractivity contribution >= 4 is 41.0 Å². The van der Waals surface area contributed by atoms with Crippen LogP contribution < -0.4 is 11.1 Å². The van der Waals surface area contributed by atoms with Crippen molar-refractivity contribution in [1.29, 1.82) is 0 Å². The highest BCUT2D eigenvalue weighted by atomic mass is 35.5. The summed E-state index contributed by atoms with van der Waals surface area (Å²) in [7, 11) is 1.52. The van der Waals surface area contributed by atoms with Crippen LogP contribution in [0.25, 0.3) is 0 Å². The van der Waals surface area contributed by atoms with Crippen molar-refractivity contribution < 1.29 is 19.5 Å². The number of hydrogen-bond acceptors (Lipinski definition) is 3. The number of nitrogens with two attached hydrogens (primary N) is 1. The molecule has 0 spiro atoms. The number of rotatable bonds is 6. The zero-order valence-corrected chi connectivity index (χ0v) is 12.0. The molecule has 0 aliphatic rings. The van der Waals surface area contributed by atoms with Crippen molar-refractivity contribution in [2.75, 3.05) is 0 Å². The lowest BCUT2D eigenvalue weighted by atomic mass is 10.1. The van der Waals surface area contributed by atoms with Gasteiger partial charge in [0, 0.05) is 13.5 Å². The van der Waals surface area contributed by atoms with Crippen molar-refractivity contribution in [3.05, 3.63) is 21.9 Å². The second-order valence-electron chi connectivity index (χ2n) is 4.10. The van der Waals surface area contributed by atoms with E-state index in [0.29, 0.717) is 0 Å². The molecule has 0 fully saturated rings. The lowest BCUT2D eigenvalue weighted by molar-refractivity contribution is -0.139. The first-order valence-corrected chi connectivity index (χ1v) is 6.32. The van der Waals surface area contributed by atoms with E-state index in [4.69, 9.17) is 34.0 Å². The molecule has 1 atom stereocenters. The van der Waals surface area contributed by atoms with Gasteiger partial charge in [-0.3, -0.25) is 9.59 Å². The minimum Gasteiger partial charge on any atom is -0.480 e. The maximum absolute atomic E-state index is 12.0. The Morgan fingerprint density at radius 2 is 2.05 bits per heavy atom. The number of nitrogens with one attached hydrogen (secondary N) is 1. The van der Waals surface area contributed by atoms with Crippen molar-refractivity contribution in [2.24, 2.45) is 12.8 Å². The average molecular weight is 322 g/mol. The molecule has 0 aliphatic carbocycles. The minimum atomic E-state index is -1.26. The Bertz CT molecular complexity index is 556. The molecule has 1 rings (SSSR count). The smallest absolute Gasteiger partial charge is 0.326 e. The molecular weight excluding hydrogens is 309 g/mol. The molecule has 110 valence electrons. The van der Waals surface area contributed by atoms with Gasteiger partial charge in [0.05, 0.1) is 5.02 Å². The fraction of sp³-hybridized carbons (Fsp3) is 0.364. The molecule has 1 aromatic rings. The number of nitrogens with zero attached hydrogens (tertiary/aromatic N) is 1. The number of aromatic nitrogens is 1. The molecular formula is C11H13Cl2N3O4. The quantitative estimate of drug-likeness (QED) is 0.718. The van der Waals surface area contributed by atoms with Crippen LogP contribution in [0.1, 0.15) is 23.3 Å². The summed E-state index contributed by atoms with van der Waals surface area (Å²) in [4.78, 5) is 33.6. The number of carbonyl (C=O) groups excluding carboxylic acids is 2. The molecule has 2 amide bonds. The molecule has 7 nitrogen and oxygen atoms in total. The van der Waals surface area contributed by atoms with Crippen molar-refractivity contribution in [2.45, 2.75) is 18.9 Å². The van der Waals surface area contributed by atoms with E-state index < -0.39 is 23.8 Å². The molecule has 20 heavy (non-hydrogen) atoms. The van der Waals surface area contributed by atoms with Gasteiger partial charge < -0.3 is 20.7 Å². The highest BCUT2D eigenvalue weighted by molar-refractivity contribution is 6.41. The van der Waals surface area contributed by atoms with Crippen LogP contribution in [0.5, 0.6) is 0 Å². The van der Waals surface area contributed by atoms with Gasteiger partial charge in [0.25, 0.3) is 5.91 Å². The SMILES string of the molecule is Cn1c(C(=O)N[C@@H](CCC(N)=O)C(=O)O)cc(Cl)c1Cl. The van der Waals surface area contributed by atoms with Crippen molar-refractivity contribution in [3.63, 3.8) is 0 Å². The van der Waals surface area contributed by atoms with Gasteiger partial charge in [-0.1, -0.05) is 23.2 Å². The van der Waals surface area contributed by atoms with E-state index in [2.05, 4.69) is 5.32 Å². The third-order valence-corrected chi connectivity index (χ3v) is 3.47. The summed E-state index contributed by atoms with van der Waals surface area (Å²) in [5.74, 6) is -2.56. The Hall–Kier alpha value is -1.73. The van der Waals surface area contributed by atoms with Crippen LogP contribution in [0, 0.1) is 0 Å². The molecule has 0 radical (unpaired) electrons. The monoisotopic (exact) mass is 321 g/mol. The molecule has 1 heterocycles. The van der Waals surface area contributed by atoms with E-state index in [9.17, 15) is 14.4 Å². The zero-order valence-electron chi connectivity index (χ0n) is 10.5. The first-order chi connectivity index (χ1) is 9.23. The van der Waals surface area contributed by atoms with Crippen LogP contribution in [0.4, 0.5) is 0 Å². The van der Waals surface area contributed by atoms with E-state index >= 15 is 0 Å². The number of primary amides is 1. The summed E-state index contributed by atoms with van der Waals surface area (Å²) >= 11 is 11.6. The Morgan fingerprint density at radius 3 is 2.45 bits per heavy atom. The second-order valence-corrected chi connectivity index (χ2v) is 4.86. The predicted octanol–water partition coefficient (Wildman–Crippen LogP) is 0.780. The molecule has 1 aromatic heterocycles. The van der Waals surface area contributed by atoms with Gasteiger partial charge >= 0.3 is 5.97 Å². The summed E-state index contributed by atoms with van der Waals surface area (Å²) in [5, 5.41) is 11.6. The number of carboxylic acids is 1.